The normalized spacial score (nSPS) is 10.9. The fourth-order valence-corrected chi connectivity index (χ4v) is 9.92. The van der Waals surface area contributed by atoms with Crippen LogP contribution in [0.2, 0.25) is 15.1 Å². The number of rotatable bonds is 15. The maximum Gasteiger partial charge on any atom is 0.354 e. The van der Waals surface area contributed by atoms with Crippen LogP contribution in [0.4, 0.5) is 29.0 Å². The molecule has 0 fully saturated rings. The van der Waals surface area contributed by atoms with Crippen LogP contribution in [0, 0.1) is 6.92 Å². The second-order valence-electron chi connectivity index (χ2n) is 20.8. The van der Waals surface area contributed by atoms with E-state index in [2.05, 4.69) is 65.5 Å². The summed E-state index contributed by atoms with van der Waals surface area (Å²) in [6.07, 6.45) is 17.0. The Morgan fingerprint density at radius 2 is 1.11 bits per heavy atom. The van der Waals surface area contributed by atoms with Gasteiger partial charge in [0.15, 0.2) is 5.96 Å². The molecule has 0 atom stereocenters. The van der Waals surface area contributed by atoms with Crippen LogP contribution in [0.25, 0.3) is 55.5 Å². The topological polar surface area (TPSA) is 405 Å². The highest BCUT2D eigenvalue weighted by Crippen LogP contribution is 2.33. The Bertz CT molecular complexity index is 4970. The number of ketones is 1. The maximum absolute atomic E-state index is 11.7. The molecule has 12 rings (SSSR count). The van der Waals surface area contributed by atoms with Crippen LogP contribution in [0.15, 0.2) is 163 Å². The number of carboxylic acid groups (broad SMARTS) is 1. The summed E-state index contributed by atoms with van der Waals surface area (Å²) in [5, 5.41) is 18.8. The van der Waals surface area contributed by atoms with Gasteiger partial charge in [0.2, 0.25) is 17.7 Å². The molecule has 29 nitrogen and oxygen atoms in total. The van der Waals surface area contributed by atoms with Crippen LogP contribution in [0.3, 0.4) is 0 Å². The highest BCUT2D eigenvalue weighted by Gasteiger charge is 2.17. The molecule has 496 valence electrons. The molecule has 11 N–H and O–H groups in total. The molecular weight excluding hydrogens is 1320 g/mol. The molecule has 96 heavy (non-hydrogen) atoms. The average Bonchev–Trinajstić information content (AvgIpc) is 1.65. The number of aliphatic imine (C=N–C) groups is 1. The van der Waals surface area contributed by atoms with Crippen molar-refractivity contribution in [3.63, 3.8) is 0 Å². The van der Waals surface area contributed by atoms with Crippen molar-refractivity contribution in [3.05, 3.63) is 197 Å². The van der Waals surface area contributed by atoms with Gasteiger partial charge in [-0.25, -0.2) is 54.3 Å². The van der Waals surface area contributed by atoms with E-state index in [1.54, 1.807) is 127 Å². The van der Waals surface area contributed by atoms with Crippen LogP contribution in [-0.4, -0.2) is 144 Å². The zero-order valence-corrected chi connectivity index (χ0v) is 55.4. The van der Waals surface area contributed by atoms with Gasteiger partial charge < -0.3 is 70.2 Å². The number of anilines is 4. The van der Waals surface area contributed by atoms with E-state index in [1.165, 1.54) is 31.4 Å². The van der Waals surface area contributed by atoms with E-state index >= 15 is 0 Å². The lowest BCUT2D eigenvalue weighted by atomic mass is 10.2. The fourth-order valence-electron chi connectivity index (χ4n) is 8.62. The number of H-pyrrole nitrogens is 3. The Morgan fingerprint density at radius 1 is 0.646 bits per heavy atom. The number of nitrogens with zero attached hydrogens (tertiary/aromatic N) is 12. The van der Waals surface area contributed by atoms with Crippen LogP contribution < -0.4 is 22.1 Å². The van der Waals surface area contributed by atoms with Gasteiger partial charge in [0.05, 0.1) is 86.3 Å². The number of ether oxygens (including phenoxy) is 2. The van der Waals surface area contributed by atoms with Gasteiger partial charge in [-0.15, -0.1) is 0 Å². The number of halogens is 3. The number of aromatic amines is 3. The van der Waals surface area contributed by atoms with Gasteiger partial charge in [0.25, 0.3) is 10.1 Å². The first-order valence-corrected chi connectivity index (χ1v) is 30.8. The number of carbonyl (C=O) groups excluding carboxylic acids is 3. The van der Waals surface area contributed by atoms with E-state index in [1.807, 2.05) is 69.8 Å². The SMILES string of the molecule is CCOC(=O)c1cc2cc(N=C(N)N)cc(Cl)c2[nH]1.CN(C)/C=C/C(=O)c1cn(C)cn1.COC(=O)c1cc2cc(Nc3nccc(-c4cn(C)cn4)n3)cc(Cl)c2[nH]1.Cc1ccc(S(=O)(=O)O)cc1.Cn1cnc(-c2ccnc(Nc3cc(Cl)c4[nH]c(C(=O)O)cc4c3)n2)c1. The number of aromatic carboxylic acids is 1. The quantitative estimate of drug-likeness (QED) is 0.0115. The number of aryl methyl sites for hydroxylation is 4. The van der Waals surface area contributed by atoms with Crippen molar-refractivity contribution >= 4 is 136 Å². The maximum atomic E-state index is 11.7. The molecule has 33 heteroatoms. The third kappa shape index (κ3) is 19.1. The smallest absolute Gasteiger partial charge is 0.354 e. The summed E-state index contributed by atoms with van der Waals surface area (Å²) in [4.78, 5) is 90.0. The van der Waals surface area contributed by atoms with Gasteiger partial charge in [-0.2, -0.15) is 8.42 Å². The summed E-state index contributed by atoms with van der Waals surface area (Å²) in [5.74, 6) is -1.26. The van der Waals surface area contributed by atoms with E-state index in [-0.39, 0.29) is 22.3 Å². The van der Waals surface area contributed by atoms with Gasteiger partial charge in [-0.05, 0) is 92.7 Å². The summed E-state index contributed by atoms with van der Waals surface area (Å²) in [5.41, 5.74) is 19.4. The van der Waals surface area contributed by atoms with Gasteiger partial charge >= 0.3 is 17.9 Å². The lowest BCUT2D eigenvalue weighted by molar-refractivity contribution is 0.0519. The molecule has 0 saturated carbocycles. The number of carbonyl (C=O) groups is 4. The summed E-state index contributed by atoms with van der Waals surface area (Å²) < 4.78 is 44.6. The molecule has 0 radical (unpaired) electrons. The van der Waals surface area contributed by atoms with Crippen molar-refractivity contribution in [1.82, 2.24) is 68.4 Å². The van der Waals surface area contributed by atoms with E-state index in [9.17, 15) is 27.6 Å². The Hall–Kier alpha value is -11.4. The first kappa shape index (κ1) is 70.4. The number of aromatic nitrogens is 13. The van der Waals surface area contributed by atoms with Crippen molar-refractivity contribution < 1.29 is 46.7 Å². The van der Waals surface area contributed by atoms with Gasteiger partial charge in [-0.1, -0.05) is 52.5 Å². The van der Waals surface area contributed by atoms with E-state index < -0.39 is 28.0 Å². The molecule has 0 amide bonds. The molecule has 8 aromatic heterocycles. The Kier molecular flexibility index (Phi) is 23.1. The number of methoxy groups -OCH3 is 1. The molecule has 12 aromatic rings. The van der Waals surface area contributed by atoms with E-state index in [0.717, 1.165) is 27.7 Å². The summed E-state index contributed by atoms with van der Waals surface area (Å²) >= 11 is 18.7. The van der Waals surface area contributed by atoms with Gasteiger partial charge in [0, 0.05) is 106 Å². The van der Waals surface area contributed by atoms with Crippen LogP contribution in [0.1, 0.15) is 54.4 Å². The second-order valence-corrected chi connectivity index (χ2v) is 23.5. The number of esters is 2. The molecule has 0 aliphatic heterocycles. The third-order valence-corrected chi connectivity index (χ3v) is 14.7. The number of hydrogen-bond donors (Lipinski definition) is 9. The molecule has 0 saturated heterocycles. The molecule has 0 aliphatic rings. The number of guanidine groups is 1. The number of nitrogens with two attached hydrogens (primary N) is 2. The van der Waals surface area contributed by atoms with E-state index in [0.29, 0.717) is 101 Å². The minimum atomic E-state index is -4.02. The molecular formula is C63H62Cl3N19O10S. The summed E-state index contributed by atoms with van der Waals surface area (Å²) in [6, 6.07) is 24.8. The van der Waals surface area contributed by atoms with Crippen molar-refractivity contribution in [2.24, 2.45) is 37.6 Å². The lowest BCUT2D eigenvalue weighted by Gasteiger charge is -2.07. The number of carboxylic acids is 1. The number of nitrogens with one attached hydrogen (secondary N) is 5. The summed E-state index contributed by atoms with van der Waals surface area (Å²) in [6.45, 7) is 3.89. The van der Waals surface area contributed by atoms with Crippen molar-refractivity contribution in [3.8, 4) is 22.8 Å². The Balaban J connectivity index is 0.000000160. The predicted molar refractivity (Wildman–Crippen MR) is 366 cm³/mol. The molecule has 0 spiro atoms. The average molecular weight is 1380 g/mol. The molecule has 0 aliphatic carbocycles. The summed E-state index contributed by atoms with van der Waals surface area (Å²) in [7, 11) is 6.65. The number of fused-ring (bicyclic) bond motifs is 3. The monoisotopic (exact) mass is 1380 g/mol. The third-order valence-electron chi connectivity index (χ3n) is 13.0. The van der Waals surface area contributed by atoms with Crippen LogP contribution >= 0.6 is 34.8 Å². The number of benzene rings is 4. The molecule has 4 aromatic carbocycles. The predicted octanol–water partition coefficient (Wildman–Crippen LogP) is 10.8. The Morgan fingerprint density at radius 3 is 1.55 bits per heavy atom. The number of imidazole rings is 3. The standard InChI is InChI=1S/C18H15ClN6O2.C17H13ClN6O2.C12H13ClN4O2.C9H13N3O.C7H8O3S/c1-25-8-15(21-9-25)13-3-4-20-18(24-13)22-11-5-10-6-14(17(26)27-2)23-16(10)12(19)7-11;1-24-7-14(20-8-24)12-2-3-19-17(23-12)21-10-4-9-5-13(16(25)26)22-15(9)11(18)6-10;1-2-19-11(18)9-4-6-3-7(16-12(14)15)5-8(13)10(6)17-9;1-11(2)5-4-9(13)8-6-12(3)7-10-8;1-6-2-4-7(5-3-6)11(8,9)10/h3-9,23H,1-2H3,(H,20,22,24);2-8,22H,1H3,(H,25,26)(H,19,21,23);3-5,17H,2H2,1H3,(H4,14,15,16);4-7H,1-3H3;2-5H,1H3,(H,8,9,10)/b;;;5-4+;. The Labute approximate surface area is 562 Å². The van der Waals surface area contributed by atoms with Gasteiger partial charge in [-0.3, -0.25) is 9.35 Å². The van der Waals surface area contributed by atoms with E-state index in [4.69, 9.17) is 65.4 Å². The zero-order chi connectivity index (χ0) is 69.5. The van der Waals surface area contributed by atoms with Crippen LogP contribution in [-0.2, 0) is 40.7 Å². The highest BCUT2D eigenvalue weighted by atomic mass is 35.5. The number of allylic oxidation sites excluding steroid dienone is 1. The second kappa shape index (κ2) is 31.5. The number of hydrogen-bond acceptors (Lipinski definition) is 19. The molecule has 0 bridgehead atoms. The zero-order valence-electron chi connectivity index (χ0n) is 52.4. The van der Waals surface area contributed by atoms with Gasteiger partial charge in [0.1, 0.15) is 34.2 Å². The first-order chi connectivity index (χ1) is 45.6. The first-order valence-electron chi connectivity index (χ1n) is 28.3. The molecule has 8 heterocycles. The minimum absolute atomic E-state index is 0.0587. The fraction of sp³-hybridized carbons (Fsp3) is 0.143. The van der Waals surface area contributed by atoms with Crippen LogP contribution in [0.5, 0.6) is 0 Å². The molecule has 0 unspecified atom stereocenters. The lowest BCUT2D eigenvalue weighted by Crippen LogP contribution is -2.21. The minimum Gasteiger partial charge on any atom is -0.477 e. The van der Waals surface area contributed by atoms with Crippen molar-refractivity contribution in [2.75, 3.05) is 38.4 Å². The largest absolute Gasteiger partial charge is 0.477 e. The van der Waals surface area contributed by atoms with Crippen molar-refractivity contribution in [1.29, 1.82) is 0 Å². The highest BCUT2D eigenvalue weighted by molar-refractivity contribution is 7.85. The van der Waals surface area contributed by atoms with Crippen molar-refractivity contribution in [2.45, 2.75) is 18.7 Å².